The zero-order valence-corrected chi connectivity index (χ0v) is 10.7. The van der Waals surface area contributed by atoms with Gasteiger partial charge in [0.1, 0.15) is 0 Å². The van der Waals surface area contributed by atoms with E-state index in [0.717, 1.165) is 6.54 Å². The Hall–Kier alpha value is -1.46. The summed E-state index contributed by atoms with van der Waals surface area (Å²) >= 11 is 0. The van der Waals surface area contributed by atoms with E-state index in [-0.39, 0.29) is 6.04 Å². The van der Waals surface area contributed by atoms with Crippen molar-refractivity contribution in [2.45, 2.75) is 32.4 Å². The monoisotopic (exact) mass is 228 g/mol. The van der Waals surface area contributed by atoms with Crippen LogP contribution in [-0.4, -0.2) is 19.6 Å². The van der Waals surface area contributed by atoms with Gasteiger partial charge in [-0.05, 0) is 37.0 Å². The van der Waals surface area contributed by atoms with E-state index in [0.29, 0.717) is 0 Å². The molecule has 2 nitrogen and oxygen atoms in total. The molecule has 1 unspecified atom stereocenters. The van der Waals surface area contributed by atoms with Gasteiger partial charge in [-0.15, -0.1) is 6.42 Å². The summed E-state index contributed by atoms with van der Waals surface area (Å²) in [5.41, 5.74) is 4.16. The molecule has 0 radical (unpaired) electrons. The number of hydrogen-bond donors (Lipinski definition) is 1. The Labute approximate surface area is 104 Å². The van der Waals surface area contributed by atoms with Gasteiger partial charge < -0.3 is 4.90 Å². The molecule has 1 aliphatic rings. The van der Waals surface area contributed by atoms with Crippen LogP contribution in [0, 0.1) is 12.3 Å². The van der Waals surface area contributed by atoms with Crippen LogP contribution in [0.1, 0.15) is 24.5 Å². The minimum absolute atomic E-state index is 0.133. The Kier molecular flexibility index (Phi) is 3.71. The van der Waals surface area contributed by atoms with Crippen LogP contribution >= 0.6 is 0 Å². The summed E-state index contributed by atoms with van der Waals surface area (Å²) in [7, 11) is 2.16. The van der Waals surface area contributed by atoms with Crippen LogP contribution in [0.2, 0.25) is 0 Å². The lowest BCUT2D eigenvalue weighted by Crippen LogP contribution is -2.26. The molecule has 0 fully saturated rings. The molecule has 90 valence electrons. The van der Waals surface area contributed by atoms with Crippen molar-refractivity contribution < 1.29 is 0 Å². The highest BCUT2D eigenvalue weighted by Crippen LogP contribution is 2.26. The molecule has 1 aromatic rings. The average molecular weight is 228 g/mol. The minimum Gasteiger partial charge on any atom is -0.374 e. The molecule has 0 spiro atoms. The fourth-order valence-corrected chi connectivity index (χ4v) is 2.28. The maximum absolute atomic E-state index is 5.35. The van der Waals surface area contributed by atoms with Crippen molar-refractivity contribution in [3.63, 3.8) is 0 Å². The number of aryl methyl sites for hydroxylation is 1. The Morgan fingerprint density at radius 1 is 1.53 bits per heavy atom. The van der Waals surface area contributed by atoms with Gasteiger partial charge >= 0.3 is 0 Å². The summed E-state index contributed by atoms with van der Waals surface area (Å²) in [5.74, 6) is 2.69. The van der Waals surface area contributed by atoms with Crippen LogP contribution in [0.25, 0.3) is 0 Å². The molecule has 1 atom stereocenters. The molecule has 0 aromatic heterocycles. The highest BCUT2D eigenvalue weighted by molar-refractivity contribution is 5.56. The van der Waals surface area contributed by atoms with Crippen molar-refractivity contribution in [3.05, 3.63) is 29.3 Å². The Morgan fingerprint density at radius 3 is 3.12 bits per heavy atom. The first kappa shape index (κ1) is 12.0. The van der Waals surface area contributed by atoms with Crippen molar-refractivity contribution in [3.8, 4) is 12.3 Å². The molecule has 0 bridgehead atoms. The van der Waals surface area contributed by atoms with Crippen LogP contribution in [0.5, 0.6) is 0 Å². The van der Waals surface area contributed by atoms with Gasteiger partial charge in [-0.1, -0.05) is 18.1 Å². The van der Waals surface area contributed by atoms with Gasteiger partial charge in [0.2, 0.25) is 0 Å². The summed E-state index contributed by atoms with van der Waals surface area (Å²) in [6, 6.07) is 6.86. The second kappa shape index (κ2) is 5.25. The third-order valence-corrected chi connectivity index (χ3v) is 3.36. The number of benzene rings is 1. The van der Waals surface area contributed by atoms with Crippen molar-refractivity contribution in [1.29, 1.82) is 0 Å². The van der Waals surface area contributed by atoms with E-state index in [1.165, 1.54) is 36.2 Å². The van der Waals surface area contributed by atoms with Crippen molar-refractivity contribution >= 4 is 5.69 Å². The Bertz CT molecular complexity index is 431. The summed E-state index contributed by atoms with van der Waals surface area (Å²) in [5, 5.41) is 3.32. The van der Waals surface area contributed by atoms with E-state index in [2.05, 4.69) is 41.4 Å². The van der Waals surface area contributed by atoms with Gasteiger partial charge in [-0.3, -0.25) is 5.32 Å². The number of terminal acetylenes is 1. The summed E-state index contributed by atoms with van der Waals surface area (Å²) < 4.78 is 0. The van der Waals surface area contributed by atoms with Gasteiger partial charge in [0.05, 0.1) is 6.04 Å². The third-order valence-electron chi connectivity index (χ3n) is 3.36. The smallest absolute Gasteiger partial charge is 0.0660 e. The number of nitrogens with one attached hydrogen (secondary N) is 1. The maximum atomic E-state index is 5.35. The Balaban J connectivity index is 2.09. The van der Waals surface area contributed by atoms with Gasteiger partial charge in [-0.2, -0.15) is 0 Å². The zero-order chi connectivity index (χ0) is 12.3. The number of rotatable bonds is 3. The van der Waals surface area contributed by atoms with E-state index < -0.39 is 0 Å². The zero-order valence-electron chi connectivity index (χ0n) is 10.7. The van der Waals surface area contributed by atoms with Crippen LogP contribution < -0.4 is 10.2 Å². The van der Waals surface area contributed by atoms with E-state index in [9.17, 15) is 0 Å². The molecule has 1 N–H and O–H groups in total. The average Bonchev–Trinajstić information content (AvgIpc) is 2.36. The molecule has 17 heavy (non-hydrogen) atoms. The molecule has 0 amide bonds. The first-order chi connectivity index (χ1) is 8.20. The van der Waals surface area contributed by atoms with E-state index in [1.54, 1.807) is 0 Å². The van der Waals surface area contributed by atoms with Crippen LogP contribution in [0.15, 0.2) is 18.2 Å². The highest BCUT2D eigenvalue weighted by atomic mass is 15.1. The quantitative estimate of drug-likeness (QED) is 0.798. The standard InChI is InChI=1S/C15H20N2/c1-4-12(2)16-11-13-7-8-15-14(10-13)6-5-9-17(15)3/h1,7-8,10,12,16H,5-6,9,11H2,2-3H3. The Morgan fingerprint density at radius 2 is 2.35 bits per heavy atom. The van der Waals surface area contributed by atoms with Crippen LogP contribution in [0.4, 0.5) is 5.69 Å². The predicted octanol–water partition coefficient (Wildman–Crippen LogP) is 2.18. The fourth-order valence-electron chi connectivity index (χ4n) is 2.28. The summed E-state index contributed by atoms with van der Waals surface area (Å²) in [4.78, 5) is 2.33. The van der Waals surface area contributed by atoms with Gasteiger partial charge in [0.25, 0.3) is 0 Å². The molecule has 2 heteroatoms. The molecule has 2 rings (SSSR count). The SMILES string of the molecule is C#CC(C)NCc1ccc2c(c1)CCCN2C. The molecule has 0 aliphatic carbocycles. The van der Waals surface area contributed by atoms with Crippen molar-refractivity contribution in [2.24, 2.45) is 0 Å². The first-order valence-corrected chi connectivity index (χ1v) is 6.23. The fraction of sp³-hybridized carbons (Fsp3) is 0.467. The lowest BCUT2D eigenvalue weighted by molar-refractivity contribution is 0.646. The molecular weight excluding hydrogens is 208 g/mol. The van der Waals surface area contributed by atoms with Crippen molar-refractivity contribution in [2.75, 3.05) is 18.5 Å². The highest BCUT2D eigenvalue weighted by Gasteiger charge is 2.13. The predicted molar refractivity (Wildman–Crippen MR) is 73.2 cm³/mol. The minimum atomic E-state index is 0.133. The molecule has 1 aromatic carbocycles. The second-order valence-electron chi connectivity index (χ2n) is 4.76. The van der Waals surface area contributed by atoms with E-state index in [1.807, 2.05) is 6.92 Å². The van der Waals surface area contributed by atoms with E-state index in [4.69, 9.17) is 6.42 Å². The largest absolute Gasteiger partial charge is 0.374 e. The lowest BCUT2D eigenvalue weighted by Gasteiger charge is -2.28. The van der Waals surface area contributed by atoms with Crippen LogP contribution in [0.3, 0.4) is 0 Å². The number of hydrogen-bond acceptors (Lipinski definition) is 2. The molecule has 1 aliphatic heterocycles. The number of nitrogens with zero attached hydrogens (tertiary/aromatic N) is 1. The normalized spacial score (nSPS) is 16.2. The number of anilines is 1. The number of fused-ring (bicyclic) bond motifs is 1. The molecule has 0 saturated carbocycles. The van der Waals surface area contributed by atoms with E-state index >= 15 is 0 Å². The third kappa shape index (κ3) is 2.81. The summed E-state index contributed by atoms with van der Waals surface area (Å²) in [6.45, 7) is 4.02. The van der Waals surface area contributed by atoms with Crippen molar-refractivity contribution in [1.82, 2.24) is 5.32 Å². The lowest BCUT2D eigenvalue weighted by atomic mass is 9.99. The van der Waals surface area contributed by atoms with Gasteiger partial charge in [0, 0.05) is 25.8 Å². The summed E-state index contributed by atoms with van der Waals surface area (Å²) in [6.07, 6.45) is 7.79. The van der Waals surface area contributed by atoms with Gasteiger partial charge in [-0.25, -0.2) is 0 Å². The maximum Gasteiger partial charge on any atom is 0.0660 e. The van der Waals surface area contributed by atoms with Gasteiger partial charge in [0.15, 0.2) is 0 Å². The van der Waals surface area contributed by atoms with Crippen LogP contribution in [-0.2, 0) is 13.0 Å². The topological polar surface area (TPSA) is 15.3 Å². The second-order valence-corrected chi connectivity index (χ2v) is 4.76. The molecule has 1 heterocycles. The first-order valence-electron chi connectivity index (χ1n) is 6.23. The molecule has 0 saturated heterocycles. The molecular formula is C15H20N2.